The molecule has 0 radical (unpaired) electrons. The van der Waals surface area contributed by atoms with Gasteiger partial charge in [0.2, 0.25) is 11.8 Å². The summed E-state index contributed by atoms with van der Waals surface area (Å²) in [6, 6.07) is 20.2. The second-order valence-corrected chi connectivity index (χ2v) is 13.0. The highest BCUT2D eigenvalue weighted by Gasteiger charge is 2.34. The molecule has 2 amide bonds. The van der Waals surface area contributed by atoms with Crippen LogP contribution in [-0.2, 0) is 26.2 Å². The third kappa shape index (κ3) is 8.60. The molecule has 0 aromatic heterocycles. The second kappa shape index (κ2) is 15.0. The van der Waals surface area contributed by atoms with Gasteiger partial charge in [-0.15, -0.1) is 0 Å². The summed E-state index contributed by atoms with van der Waals surface area (Å²) in [5.41, 5.74) is 3.11. The number of ether oxygens (including phenoxy) is 1. The summed E-state index contributed by atoms with van der Waals surface area (Å²) >= 11 is 0. The Balaban J connectivity index is 2.08. The zero-order chi connectivity index (χ0) is 31.7. The van der Waals surface area contributed by atoms with Crippen LogP contribution in [0.15, 0.2) is 77.7 Å². The predicted octanol–water partition coefficient (Wildman–Crippen LogP) is 6.04. The summed E-state index contributed by atoms with van der Waals surface area (Å²) in [6.45, 7) is 11.4. The van der Waals surface area contributed by atoms with E-state index in [1.54, 1.807) is 49.6 Å². The second-order valence-electron chi connectivity index (χ2n) is 11.2. The van der Waals surface area contributed by atoms with Crippen LogP contribution < -0.4 is 14.4 Å². The van der Waals surface area contributed by atoms with Gasteiger partial charge >= 0.3 is 0 Å². The molecule has 8 nitrogen and oxygen atoms in total. The third-order valence-corrected chi connectivity index (χ3v) is 9.40. The molecule has 0 saturated carbocycles. The van der Waals surface area contributed by atoms with Crippen LogP contribution in [0.4, 0.5) is 5.69 Å². The minimum atomic E-state index is -4.13. The first-order chi connectivity index (χ1) is 20.4. The van der Waals surface area contributed by atoms with Gasteiger partial charge in [0.05, 0.1) is 17.7 Å². The molecule has 3 rings (SSSR count). The largest absolute Gasteiger partial charge is 0.497 e. The van der Waals surface area contributed by atoms with E-state index < -0.39 is 28.5 Å². The van der Waals surface area contributed by atoms with Crippen LogP contribution in [0.25, 0.3) is 0 Å². The molecule has 1 N–H and O–H groups in total. The van der Waals surface area contributed by atoms with E-state index in [4.69, 9.17) is 4.74 Å². The molecule has 0 aliphatic heterocycles. The van der Waals surface area contributed by atoms with E-state index in [1.165, 1.54) is 4.90 Å². The lowest BCUT2D eigenvalue weighted by atomic mass is 10.0. The molecule has 0 saturated heterocycles. The maximum absolute atomic E-state index is 14.3. The molecule has 0 spiro atoms. The molecule has 0 aliphatic rings. The average Bonchev–Trinajstić information content (AvgIpc) is 2.99. The van der Waals surface area contributed by atoms with E-state index in [0.717, 1.165) is 27.4 Å². The van der Waals surface area contributed by atoms with E-state index in [-0.39, 0.29) is 29.3 Å². The highest BCUT2D eigenvalue weighted by molar-refractivity contribution is 7.92. The number of aryl methyl sites for hydroxylation is 1. The first-order valence-electron chi connectivity index (χ1n) is 14.8. The molecule has 0 fully saturated rings. The average molecular weight is 608 g/mol. The van der Waals surface area contributed by atoms with Gasteiger partial charge in [0.25, 0.3) is 10.0 Å². The van der Waals surface area contributed by atoms with Gasteiger partial charge in [-0.25, -0.2) is 8.42 Å². The number of sulfonamides is 1. The fourth-order valence-corrected chi connectivity index (χ4v) is 6.13. The molecule has 3 aromatic rings. The normalized spacial score (nSPS) is 12.8. The van der Waals surface area contributed by atoms with Gasteiger partial charge in [0.1, 0.15) is 18.3 Å². The highest BCUT2D eigenvalue weighted by Crippen LogP contribution is 2.27. The van der Waals surface area contributed by atoms with Gasteiger partial charge in [-0.3, -0.25) is 13.9 Å². The maximum atomic E-state index is 14.3. The summed E-state index contributed by atoms with van der Waals surface area (Å²) in [7, 11) is -2.56. The van der Waals surface area contributed by atoms with Gasteiger partial charge < -0.3 is 15.0 Å². The molecule has 2 unspecified atom stereocenters. The van der Waals surface area contributed by atoms with Crippen molar-refractivity contribution >= 4 is 27.5 Å². The summed E-state index contributed by atoms with van der Waals surface area (Å²) in [6.07, 6.45) is 1.09. The minimum absolute atomic E-state index is 0.0757. The molecular weight excluding hydrogens is 562 g/mol. The molecule has 2 atom stereocenters. The molecule has 0 heterocycles. The van der Waals surface area contributed by atoms with Crippen molar-refractivity contribution in [2.45, 2.75) is 83.8 Å². The van der Waals surface area contributed by atoms with Crippen LogP contribution in [0.2, 0.25) is 0 Å². The molecule has 232 valence electrons. The smallest absolute Gasteiger partial charge is 0.264 e. The maximum Gasteiger partial charge on any atom is 0.264 e. The number of benzene rings is 3. The molecule has 43 heavy (non-hydrogen) atoms. The monoisotopic (exact) mass is 607 g/mol. The molecular formula is C34H45N3O5S. The van der Waals surface area contributed by atoms with Crippen LogP contribution in [0.5, 0.6) is 5.75 Å². The van der Waals surface area contributed by atoms with E-state index in [0.29, 0.717) is 17.9 Å². The van der Waals surface area contributed by atoms with Gasteiger partial charge in [-0.05, 0) is 80.1 Å². The van der Waals surface area contributed by atoms with Crippen molar-refractivity contribution in [2.24, 2.45) is 0 Å². The molecule has 0 aliphatic carbocycles. The summed E-state index contributed by atoms with van der Waals surface area (Å²) in [5.74, 6) is 0.112. The van der Waals surface area contributed by atoms with Crippen molar-refractivity contribution in [3.63, 3.8) is 0 Å². The van der Waals surface area contributed by atoms with Crippen molar-refractivity contribution in [3.05, 3.63) is 89.5 Å². The standard InChI is InChI=1S/C34H45N3O5S/c1-8-26(6)35-34(39)32(9-2)36(22-27-11-10-12-30(21-27)42-7)33(38)23-37(29-17-15-28(16-18-29)24(3)4)43(40,41)31-19-13-25(5)14-20-31/h10-21,24,26,32H,8-9,22-23H2,1-7H3,(H,35,39). The number of methoxy groups -OCH3 is 1. The van der Waals surface area contributed by atoms with Gasteiger partial charge in [-0.2, -0.15) is 0 Å². The zero-order valence-electron chi connectivity index (χ0n) is 26.3. The first-order valence-corrected chi connectivity index (χ1v) is 16.3. The van der Waals surface area contributed by atoms with Crippen LogP contribution >= 0.6 is 0 Å². The number of amides is 2. The van der Waals surface area contributed by atoms with E-state index >= 15 is 0 Å². The SMILES string of the molecule is CCC(C)NC(=O)C(CC)N(Cc1cccc(OC)c1)C(=O)CN(c1ccc(C(C)C)cc1)S(=O)(=O)c1ccc(C)cc1. The van der Waals surface area contributed by atoms with Crippen LogP contribution in [0.1, 0.15) is 70.1 Å². The van der Waals surface area contributed by atoms with Crippen molar-refractivity contribution in [1.82, 2.24) is 10.2 Å². The first kappa shape index (κ1) is 33.6. The molecule has 9 heteroatoms. The number of carbonyl (C=O) groups is 2. The lowest BCUT2D eigenvalue weighted by Gasteiger charge is -2.34. The Labute approximate surface area is 257 Å². The van der Waals surface area contributed by atoms with E-state index in [2.05, 4.69) is 19.2 Å². The molecule has 3 aromatic carbocycles. The van der Waals surface area contributed by atoms with E-state index in [9.17, 15) is 18.0 Å². The number of nitrogens with zero attached hydrogens (tertiary/aromatic N) is 2. The number of carbonyl (C=O) groups excluding carboxylic acids is 2. The van der Waals surface area contributed by atoms with Crippen molar-refractivity contribution in [2.75, 3.05) is 18.0 Å². The van der Waals surface area contributed by atoms with Crippen molar-refractivity contribution in [1.29, 1.82) is 0 Å². The fourth-order valence-electron chi connectivity index (χ4n) is 4.72. The Kier molecular flexibility index (Phi) is 11.8. The van der Waals surface area contributed by atoms with Crippen LogP contribution in [-0.4, -0.2) is 50.9 Å². The fraction of sp³-hybridized carbons (Fsp3) is 0.412. The van der Waals surface area contributed by atoms with Gasteiger partial charge in [0, 0.05) is 12.6 Å². The quantitative estimate of drug-likeness (QED) is 0.241. The zero-order valence-corrected chi connectivity index (χ0v) is 27.1. The number of anilines is 1. The number of rotatable bonds is 14. The van der Waals surface area contributed by atoms with Gasteiger partial charge in [-0.1, -0.05) is 69.7 Å². The minimum Gasteiger partial charge on any atom is -0.497 e. The topological polar surface area (TPSA) is 96.0 Å². The Morgan fingerprint density at radius 2 is 1.56 bits per heavy atom. The highest BCUT2D eigenvalue weighted by atomic mass is 32.2. The predicted molar refractivity (Wildman–Crippen MR) is 172 cm³/mol. The Morgan fingerprint density at radius 3 is 2.12 bits per heavy atom. The number of hydrogen-bond acceptors (Lipinski definition) is 5. The van der Waals surface area contributed by atoms with Crippen molar-refractivity contribution in [3.8, 4) is 5.75 Å². The Hall–Kier alpha value is -3.85. The lowest BCUT2D eigenvalue weighted by Crippen LogP contribution is -2.53. The number of nitrogens with one attached hydrogen (secondary N) is 1. The summed E-state index contributed by atoms with van der Waals surface area (Å²) in [5, 5.41) is 3.00. The van der Waals surface area contributed by atoms with E-state index in [1.807, 2.05) is 58.0 Å². The molecule has 0 bridgehead atoms. The number of hydrogen-bond donors (Lipinski definition) is 1. The third-order valence-electron chi connectivity index (χ3n) is 7.61. The Morgan fingerprint density at radius 1 is 0.907 bits per heavy atom. The van der Waals surface area contributed by atoms with Crippen LogP contribution in [0, 0.1) is 6.92 Å². The summed E-state index contributed by atoms with van der Waals surface area (Å²) < 4.78 is 34.7. The van der Waals surface area contributed by atoms with Crippen LogP contribution in [0.3, 0.4) is 0 Å². The lowest BCUT2D eigenvalue weighted by molar-refractivity contribution is -0.140. The van der Waals surface area contributed by atoms with Gasteiger partial charge in [0.15, 0.2) is 0 Å². The van der Waals surface area contributed by atoms with Crippen molar-refractivity contribution < 1.29 is 22.7 Å². The summed E-state index contributed by atoms with van der Waals surface area (Å²) in [4.78, 5) is 29.3. The Bertz CT molecular complexity index is 1470.